The van der Waals surface area contributed by atoms with Crippen LogP contribution in [0.25, 0.3) is 0 Å². The molecule has 0 rings (SSSR count). The van der Waals surface area contributed by atoms with Crippen LogP contribution in [0.3, 0.4) is 0 Å². The van der Waals surface area contributed by atoms with Crippen LogP contribution in [0.2, 0.25) is 0 Å². The van der Waals surface area contributed by atoms with E-state index in [2.05, 4.69) is 0 Å². The fraction of sp³-hybridized carbons (Fsp3) is 0. The molecule has 0 nitrogen and oxygen atoms in total. The average Bonchev–Trinajstić information content (AvgIpc) is 0.811. The topological polar surface area (TPSA) is 0 Å². The maximum absolute atomic E-state index is 4.96. The van der Waals surface area contributed by atoms with Crippen molar-refractivity contribution in [2.45, 2.75) is 0 Å². The van der Waals surface area contributed by atoms with Crippen molar-refractivity contribution in [3.05, 3.63) is 7.43 Å². The van der Waals surface area contributed by atoms with Crippen molar-refractivity contribution in [1.29, 1.82) is 0 Å². The third-order valence-electron chi connectivity index (χ3n) is 0. The van der Waals surface area contributed by atoms with Crippen LogP contribution in [0.1, 0.15) is 0 Å². The molecule has 4 heteroatoms. The normalized spacial score (nSPS) is 9.00. The Hall–Kier alpha value is 1.56. The van der Waals surface area contributed by atoms with Gasteiger partial charge in [0.1, 0.15) is 0 Å². The molecule has 0 heterocycles. The van der Waals surface area contributed by atoms with Gasteiger partial charge in [-0.25, -0.2) is 0 Å². The molecule has 0 fully saturated rings. The Morgan fingerprint density at radius 2 is 1.00 bits per heavy atom. The van der Waals surface area contributed by atoms with E-state index in [4.69, 9.17) is 28.3 Å². The summed E-state index contributed by atoms with van der Waals surface area (Å²) in [5.74, 6) is 0. The molecule has 0 bridgehead atoms. The van der Waals surface area contributed by atoms with Gasteiger partial charge in [-0.05, 0) is 0 Å². The first-order chi connectivity index (χ1) is 1.73. The third kappa shape index (κ3) is 29.0. The van der Waals surface area contributed by atoms with Crippen LogP contribution in [0.4, 0.5) is 0 Å². The summed E-state index contributed by atoms with van der Waals surface area (Å²) in [4.78, 5) is 0. The van der Waals surface area contributed by atoms with E-state index in [1.807, 2.05) is 0 Å². The molecule has 0 spiro atoms. The maximum atomic E-state index is 4.96. The van der Waals surface area contributed by atoms with Gasteiger partial charge in [-0.15, -0.1) is 0 Å². The zero-order chi connectivity index (χ0) is 3.58. The monoisotopic (exact) mass is 315 g/mol. The van der Waals surface area contributed by atoms with Gasteiger partial charge in [0.05, 0.1) is 0 Å². The van der Waals surface area contributed by atoms with Gasteiger partial charge in [0, 0.05) is 0 Å². The molecule has 0 aromatic heterocycles. The van der Waals surface area contributed by atoms with Crippen molar-refractivity contribution in [2.24, 2.45) is 0 Å². The Balaban J connectivity index is 0. The number of hydrogen-bond acceptors (Lipinski definition) is 0. The summed E-state index contributed by atoms with van der Waals surface area (Å²) in [6.45, 7) is 0. The third-order valence-corrected chi connectivity index (χ3v) is 0. The molecule has 0 amide bonds. The van der Waals surface area contributed by atoms with Gasteiger partial charge >= 0.3 is 42.4 Å². The molecule has 0 aromatic rings. The molecule has 0 atom stereocenters. The molecule has 0 radical (unpaired) electrons. The van der Waals surface area contributed by atoms with Crippen molar-refractivity contribution in [3.8, 4) is 0 Å². The summed E-state index contributed by atoms with van der Waals surface area (Å²) in [7, 11) is 14.9. The molecule has 0 saturated carbocycles. The van der Waals surface area contributed by atoms with Crippen LogP contribution in [-0.2, 0) is 14.2 Å². The van der Waals surface area contributed by atoms with E-state index < -0.39 is 14.2 Å². The predicted octanol–water partition coefficient (Wildman–Crippen LogP) is 2.52. The predicted molar refractivity (Wildman–Crippen MR) is 24.0 cm³/mol. The molecular weight excluding hydrogens is 313 g/mol. The fourth-order valence-electron chi connectivity index (χ4n) is 0. The second-order valence-corrected chi connectivity index (χ2v) is 9.98. The van der Waals surface area contributed by atoms with Crippen LogP contribution in [0, 0.1) is 7.43 Å². The first-order valence-corrected chi connectivity index (χ1v) is 8.81. The molecule has 5 heavy (non-hydrogen) atoms. The summed E-state index contributed by atoms with van der Waals surface area (Å²) < 4.78 is 0. The molecule has 0 aliphatic carbocycles. The number of rotatable bonds is 0. The molecule has 39 valence electrons. The molecule has 0 aromatic carbocycles. The Morgan fingerprint density at radius 1 is 1.00 bits per heavy atom. The second-order valence-electron chi connectivity index (χ2n) is 0.136. The zero-order valence-corrected chi connectivity index (χ0v) is 6.99. The van der Waals surface area contributed by atoms with Crippen molar-refractivity contribution in [3.63, 3.8) is 0 Å². The van der Waals surface area contributed by atoms with E-state index in [1.165, 1.54) is 0 Å². The van der Waals surface area contributed by atoms with Gasteiger partial charge in [0.15, 0.2) is 0 Å². The van der Waals surface area contributed by atoms with E-state index >= 15 is 0 Å². The SMILES string of the molecule is [CH3-].[Cl][Pt]([Cl])[Cl]. The fourth-order valence-corrected chi connectivity index (χ4v) is 0. The van der Waals surface area contributed by atoms with Gasteiger partial charge in [-0.3, -0.25) is 0 Å². The summed E-state index contributed by atoms with van der Waals surface area (Å²) >= 11 is -1.85. The Morgan fingerprint density at radius 3 is 1.00 bits per heavy atom. The molecule has 0 aliphatic rings. The second kappa shape index (κ2) is 5.56. The molecule has 0 N–H and O–H groups in total. The van der Waals surface area contributed by atoms with Crippen molar-refractivity contribution in [2.75, 3.05) is 0 Å². The van der Waals surface area contributed by atoms with Crippen LogP contribution >= 0.6 is 28.3 Å². The van der Waals surface area contributed by atoms with E-state index in [1.54, 1.807) is 0 Å². The summed E-state index contributed by atoms with van der Waals surface area (Å²) in [5.41, 5.74) is 0. The van der Waals surface area contributed by atoms with Gasteiger partial charge < -0.3 is 7.43 Å². The number of halogens is 3. The Kier molecular flexibility index (Phi) is 10.8. The first-order valence-electron chi connectivity index (χ1n) is 0.359. The van der Waals surface area contributed by atoms with Crippen molar-refractivity contribution >= 4 is 28.3 Å². The molecule has 0 unspecified atom stereocenters. The first kappa shape index (κ1) is 9.75. The van der Waals surface area contributed by atoms with Gasteiger partial charge in [-0.1, -0.05) is 0 Å². The standard InChI is InChI=1S/CH3.3ClH.Pt/h1H3;3*1H;/q-1;;;;+3/p-3. The van der Waals surface area contributed by atoms with E-state index in [0.717, 1.165) is 0 Å². The van der Waals surface area contributed by atoms with Crippen LogP contribution < -0.4 is 0 Å². The van der Waals surface area contributed by atoms with E-state index in [9.17, 15) is 0 Å². The molecular formula is CH3Cl3Pt-. The van der Waals surface area contributed by atoms with Gasteiger partial charge in [-0.2, -0.15) is 0 Å². The summed E-state index contributed by atoms with van der Waals surface area (Å²) in [6.07, 6.45) is 0. The molecule has 0 aliphatic heterocycles. The van der Waals surface area contributed by atoms with Crippen LogP contribution in [0.15, 0.2) is 0 Å². The van der Waals surface area contributed by atoms with Crippen molar-refractivity contribution < 1.29 is 14.2 Å². The average molecular weight is 316 g/mol. The Bertz CT molecular complexity index is 11.6. The Labute approximate surface area is 49.7 Å². The quantitative estimate of drug-likeness (QED) is 0.603. The summed E-state index contributed by atoms with van der Waals surface area (Å²) in [5, 5.41) is 0. The summed E-state index contributed by atoms with van der Waals surface area (Å²) in [6, 6.07) is 0. The van der Waals surface area contributed by atoms with Crippen LogP contribution in [0.5, 0.6) is 0 Å². The van der Waals surface area contributed by atoms with E-state index in [-0.39, 0.29) is 7.43 Å². The number of hydrogen-bond donors (Lipinski definition) is 0. The minimum absolute atomic E-state index is 0. The molecule has 0 saturated heterocycles. The minimum atomic E-state index is -1.85. The van der Waals surface area contributed by atoms with E-state index in [0.29, 0.717) is 0 Å². The van der Waals surface area contributed by atoms with Crippen molar-refractivity contribution in [1.82, 2.24) is 0 Å². The van der Waals surface area contributed by atoms with Crippen LogP contribution in [-0.4, -0.2) is 0 Å². The van der Waals surface area contributed by atoms with Gasteiger partial charge in [0.25, 0.3) is 0 Å². The zero-order valence-electron chi connectivity index (χ0n) is 2.45. The van der Waals surface area contributed by atoms with Gasteiger partial charge in [0.2, 0.25) is 0 Å².